The van der Waals surface area contributed by atoms with Gasteiger partial charge in [-0.05, 0) is 42.8 Å². The first kappa shape index (κ1) is 18.6. The number of rotatable bonds is 5. The number of hydrogen-bond donors (Lipinski definition) is 3. The van der Waals surface area contributed by atoms with Gasteiger partial charge in [-0.2, -0.15) is 0 Å². The third kappa shape index (κ3) is 4.50. The van der Waals surface area contributed by atoms with E-state index in [4.69, 9.17) is 5.73 Å². The van der Waals surface area contributed by atoms with Crippen molar-refractivity contribution in [2.24, 2.45) is 5.73 Å². The molecule has 3 aromatic rings. The number of hydrogen-bond acceptors (Lipinski definition) is 4. The normalized spacial score (nSPS) is 10.4. The first-order valence-corrected chi connectivity index (χ1v) is 8.85. The smallest absolute Gasteiger partial charge is 0.316 e. The zero-order valence-electron chi connectivity index (χ0n) is 14.4. The Labute approximate surface area is 163 Å². The summed E-state index contributed by atoms with van der Waals surface area (Å²) in [5.74, 6) is -0.312. The maximum atomic E-state index is 12.5. The minimum absolute atomic E-state index is 0.266. The van der Waals surface area contributed by atoms with E-state index in [1.807, 2.05) is 24.3 Å². The summed E-state index contributed by atoms with van der Waals surface area (Å²) in [7, 11) is 0. The van der Waals surface area contributed by atoms with Crippen LogP contribution >= 0.6 is 15.9 Å². The van der Waals surface area contributed by atoms with Crippen LogP contribution in [0.4, 0.5) is 10.5 Å². The minimum Gasteiger partial charge on any atom is -0.351 e. The Kier molecular flexibility index (Phi) is 5.51. The number of nitrogens with two attached hydrogens (primary N) is 1. The third-order valence-electron chi connectivity index (χ3n) is 3.84. The summed E-state index contributed by atoms with van der Waals surface area (Å²) >= 11 is 3.42. The maximum Gasteiger partial charge on any atom is 0.316 e. The molecule has 8 nitrogen and oxygen atoms in total. The molecule has 0 radical (unpaired) electrons. The average Bonchev–Trinajstić information content (AvgIpc) is 3.02. The zero-order valence-corrected chi connectivity index (χ0v) is 16.0. The number of aromatic nitrogens is 3. The summed E-state index contributed by atoms with van der Waals surface area (Å²) in [5, 5.41) is 13.4. The maximum absolute atomic E-state index is 12.5. The van der Waals surface area contributed by atoms with Gasteiger partial charge in [-0.25, -0.2) is 9.48 Å². The van der Waals surface area contributed by atoms with Crippen molar-refractivity contribution < 1.29 is 9.59 Å². The lowest BCUT2D eigenvalue weighted by molar-refractivity contribution is 0.0945. The minimum atomic E-state index is -0.625. The van der Waals surface area contributed by atoms with Gasteiger partial charge in [0.15, 0.2) is 5.69 Å². The second kappa shape index (κ2) is 8.00. The van der Waals surface area contributed by atoms with Gasteiger partial charge < -0.3 is 16.4 Å². The number of nitrogens with zero attached hydrogens (tertiary/aromatic N) is 3. The highest BCUT2D eigenvalue weighted by molar-refractivity contribution is 9.10. The van der Waals surface area contributed by atoms with Crippen LogP contribution in [0.5, 0.6) is 0 Å². The summed E-state index contributed by atoms with van der Waals surface area (Å²) in [6.45, 7) is 2.11. The molecule has 0 saturated carbocycles. The number of urea groups is 1. The Hall–Kier alpha value is -3.20. The zero-order chi connectivity index (χ0) is 19.4. The van der Waals surface area contributed by atoms with E-state index in [9.17, 15) is 9.59 Å². The Morgan fingerprint density at radius 1 is 1.19 bits per heavy atom. The molecule has 0 atom stereocenters. The molecule has 1 heterocycles. The summed E-state index contributed by atoms with van der Waals surface area (Å²) in [5.41, 5.74) is 8.25. The molecule has 0 aliphatic heterocycles. The first-order valence-electron chi connectivity index (χ1n) is 8.06. The number of carbonyl (C=O) groups is 2. The SMILES string of the molecule is Cc1c(C(=O)NCc2ccc(NC(N)=O)cc2)nnn1-c1cccc(Br)c1. The number of benzene rings is 2. The van der Waals surface area contributed by atoms with E-state index >= 15 is 0 Å². The predicted molar refractivity (Wildman–Crippen MR) is 105 cm³/mol. The van der Waals surface area contributed by atoms with Gasteiger partial charge in [0.1, 0.15) is 0 Å². The molecule has 0 unspecified atom stereocenters. The molecule has 3 amide bonds. The van der Waals surface area contributed by atoms with E-state index in [1.54, 1.807) is 35.9 Å². The largest absolute Gasteiger partial charge is 0.351 e. The Morgan fingerprint density at radius 2 is 1.93 bits per heavy atom. The molecular weight excluding hydrogens is 412 g/mol. The standard InChI is InChI=1S/C18H17BrN6O2/c1-11-16(23-24-25(11)15-4-2-3-13(19)9-15)17(26)21-10-12-5-7-14(8-6-12)22-18(20)27/h2-9H,10H2,1H3,(H,21,26)(H3,20,22,27). The topological polar surface area (TPSA) is 115 Å². The van der Waals surface area contributed by atoms with Crippen LogP contribution in [0.2, 0.25) is 0 Å². The van der Waals surface area contributed by atoms with Crippen molar-refractivity contribution in [2.75, 3.05) is 5.32 Å². The van der Waals surface area contributed by atoms with Crippen LogP contribution in [0.25, 0.3) is 5.69 Å². The lowest BCUT2D eigenvalue weighted by atomic mass is 10.2. The quantitative estimate of drug-likeness (QED) is 0.579. The van der Waals surface area contributed by atoms with Gasteiger partial charge in [-0.3, -0.25) is 4.79 Å². The molecule has 2 aromatic carbocycles. The highest BCUT2D eigenvalue weighted by Crippen LogP contribution is 2.17. The predicted octanol–water partition coefficient (Wildman–Crippen LogP) is 2.76. The van der Waals surface area contributed by atoms with Crippen molar-refractivity contribution in [3.63, 3.8) is 0 Å². The van der Waals surface area contributed by atoms with Crippen molar-refractivity contribution in [2.45, 2.75) is 13.5 Å². The average molecular weight is 429 g/mol. The Morgan fingerprint density at radius 3 is 2.59 bits per heavy atom. The van der Waals surface area contributed by atoms with Crippen molar-refractivity contribution in [1.82, 2.24) is 20.3 Å². The van der Waals surface area contributed by atoms with Crippen LogP contribution in [0, 0.1) is 6.92 Å². The van der Waals surface area contributed by atoms with E-state index in [1.165, 1.54) is 0 Å². The van der Waals surface area contributed by atoms with Crippen molar-refractivity contribution >= 4 is 33.6 Å². The third-order valence-corrected chi connectivity index (χ3v) is 4.33. The monoisotopic (exact) mass is 428 g/mol. The molecule has 138 valence electrons. The molecule has 27 heavy (non-hydrogen) atoms. The van der Waals surface area contributed by atoms with Gasteiger partial charge in [0.2, 0.25) is 0 Å². The Balaban J connectivity index is 1.67. The molecule has 0 aliphatic carbocycles. The van der Waals surface area contributed by atoms with Gasteiger partial charge in [0, 0.05) is 16.7 Å². The molecule has 1 aromatic heterocycles. The lowest BCUT2D eigenvalue weighted by Gasteiger charge is -2.07. The molecular formula is C18H17BrN6O2. The summed E-state index contributed by atoms with van der Waals surface area (Å²) in [4.78, 5) is 23.3. The number of nitrogens with one attached hydrogen (secondary N) is 2. The van der Waals surface area contributed by atoms with Gasteiger partial charge in [0.25, 0.3) is 5.91 Å². The van der Waals surface area contributed by atoms with E-state index in [0.29, 0.717) is 17.9 Å². The van der Waals surface area contributed by atoms with Gasteiger partial charge in [-0.15, -0.1) is 5.10 Å². The second-order valence-electron chi connectivity index (χ2n) is 5.78. The van der Waals surface area contributed by atoms with Crippen LogP contribution in [0.3, 0.4) is 0 Å². The fourth-order valence-corrected chi connectivity index (χ4v) is 2.89. The van der Waals surface area contributed by atoms with Crippen LogP contribution in [-0.2, 0) is 6.54 Å². The fraction of sp³-hybridized carbons (Fsp3) is 0.111. The lowest BCUT2D eigenvalue weighted by Crippen LogP contribution is -2.24. The number of halogens is 1. The first-order chi connectivity index (χ1) is 12.9. The highest BCUT2D eigenvalue weighted by atomic mass is 79.9. The summed E-state index contributed by atoms with van der Waals surface area (Å²) in [6.07, 6.45) is 0. The highest BCUT2D eigenvalue weighted by Gasteiger charge is 2.17. The molecule has 0 bridgehead atoms. The molecule has 0 fully saturated rings. The molecule has 3 rings (SSSR count). The van der Waals surface area contributed by atoms with Gasteiger partial charge in [-0.1, -0.05) is 39.3 Å². The molecule has 9 heteroatoms. The fourth-order valence-electron chi connectivity index (χ4n) is 2.51. The van der Waals surface area contributed by atoms with E-state index < -0.39 is 6.03 Å². The van der Waals surface area contributed by atoms with E-state index in [2.05, 4.69) is 36.9 Å². The number of primary amides is 1. The molecule has 0 saturated heterocycles. The Bertz CT molecular complexity index is 984. The number of anilines is 1. The summed E-state index contributed by atoms with van der Waals surface area (Å²) in [6, 6.07) is 13.9. The molecule has 4 N–H and O–H groups in total. The van der Waals surface area contributed by atoms with E-state index in [-0.39, 0.29) is 11.6 Å². The van der Waals surface area contributed by atoms with Crippen LogP contribution in [-0.4, -0.2) is 26.9 Å². The molecule has 0 aliphatic rings. The number of carbonyl (C=O) groups excluding carboxylic acids is 2. The van der Waals surface area contributed by atoms with E-state index in [0.717, 1.165) is 15.7 Å². The van der Waals surface area contributed by atoms with Crippen LogP contribution < -0.4 is 16.4 Å². The second-order valence-corrected chi connectivity index (χ2v) is 6.70. The van der Waals surface area contributed by atoms with Crippen molar-refractivity contribution in [3.8, 4) is 5.69 Å². The number of amides is 3. The van der Waals surface area contributed by atoms with Gasteiger partial charge in [0.05, 0.1) is 11.4 Å². The molecule has 0 spiro atoms. The summed E-state index contributed by atoms with van der Waals surface area (Å²) < 4.78 is 2.53. The van der Waals surface area contributed by atoms with Crippen LogP contribution in [0.15, 0.2) is 53.0 Å². The van der Waals surface area contributed by atoms with Crippen molar-refractivity contribution in [1.29, 1.82) is 0 Å². The van der Waals surface area contributed by atoms with Crippen LogP contribution in [0.1, 0.15) is 21.7 Å². The van der Waals surface area contributed by atoms with Gasteiger partial charge >= 0.3 is 6.03 Å². The van der Waals surface area contributed by atoms with Crippen molar-refractivity contribution in [3.05, 3.63) is 70.0 Å².